The first-order chi connectivity index (χ1) is 8.37. The minimum absolute atomic E-state index is 0.0272. The predicted octanol–water partition coefficient (Wildman–Crippen LogP) is 0.362. The van der Waals surface area contributed by atoms with Crippen LogP contribution in [0.5, 0.6) is 0 Å². The van der Waals surface area contributed by atoms with E-state index in [2.05, 4.69) is 5.32 Å². The topological polar surface area (TPSA) is 89.3 Å². The molecule has 5 nitrogen and oxygen atoms in total. The van der Waals surface area contributed by atoms with E-state index in [9.17, 15) is 13.2 Å². The fraction of sp³-hybridized carbons (Fsp3) is 0.417. The Morgan fingerprint density at radius 1 is 1.28 bits per heavy atom. The quantitative estimate of drug-likeness (QED) is 0.730. The number of amides is 1. The van der Waals surface area contributed by atoms with Crippen LogP contribution in [-0.2, 0) is 21.1 Å². The molecule has 0 aliphatic carbocycles. The Kier molecular flexibility index (Phi) is 5.15. The van der Waals surface area contributed by atoms with Crippen LogP contribution in [-0.4, -0.2) is 32.9 Å². The van der Waals surface area contributed by atoms with E-state index in [0.717, 1.165) is 11.8 Å². The van der Waals surface area contributed by atoms with Crippen molar-refractivity contribution in [3.8, 4) is 0 Å². The Morgan fingerprint density at radius 3 is 2.44 bits per heavy atom. The second kappa shape index (κ2) is 6.39. The second-order valence-electron chi connectivity index (χ2n) is 4.22. The minimum Gasteiger partial charge on any atom is -0.399 e. The number of anilines is 1. The fourth-order valence-corrected chi connectivity index (χ4v) is 1.88. The van der Waals surface area contributed by atoms with Crippen molar-refractivity contribution in [2.24, 2.45) is 0 Å². The Labute approximate surface area is 107 Å². The lowest BCUT2D eigenvalue weighted by Gasteiger charge is -2.04. The van der Waals surface area contributed by atoms with Crippen LogP contribution in [0.25, 0.3) is 0 Å². The number of aryl methyl sites for hydroxylation is 1. The van der Waals surface area contributed by atoms with Gasteiger partial charge in [0.15, 0.2) is 0 Å². The van der Waals surface area contributed by atoms with Gasteiger partial charge in [-0.05, 0) is 24.1 Å². The standard InChI is InChI=1S/C12H18N2O3S/c1-18(16,17)9-8-14-12(15)7-4-10-2-5-11(13)6-3-10/h2-3,5-6H,4,7-9,13H2,1H3,(H,14,15). The van der Waals surface area contributed by atoms with Crippen molar-refractivity contribution in [1.29, 1.82) is 0 Å². The van der Waals surface area contributed by atoms with Crippen molar-refractivity contribution in [3.63, 3.8) is 0 Å². The van der Waals surface area contributed by atoms with E-state index in [1.54, 1.807) is 12.1 Å². The van der Waals surface area contributed by atoms with Crippen LogP contribution >= 0.6 is 0 Å². The molecule has 0 aliphatic heterocycles. The number of nitrogens with two attached hydrogens (primary N) is 1. The van der Waals surface area contributed by atoms with E-state index < -0.39 is 9.84 Å². The van der Waals surface area contributed by atoms with Crippen molar-refractivity contribution in [3.05, 3.63) is 29.8 Å². The summed E-state index contributed by atoms with van der Waals surface area (Å²) in [4.78, 5) is 11.4. The Morgan fingerprint density at radius 2 is 1.89 bits per heavy atom. The van der Waals surface area contributed by atoms with Gasteiger partial charge >= 0.3 is 0 Å². The van der Waals surface area contributed by atoms with Gasteiger partial charge in [0, 0.05) is 24.9 Å². The third-order valence-electron chi connectivity index (χ3n) is 2.42. The molecule has 0 atom stereocenters. The summed E-state index contributed by atoms with van der Waals surface area (Å²) in [5.41, 5.74) is 7.27. The maximum absolute atomic E-state index is 11.4. The summed E-state index contributed by atoms with van der Waals surface area (Å²) in [5, 5.41) is 2.58. The molecule has 18 heavy (non-hydrogen) atoms. The van der Waals surface area contributed by atoms with E-state index in [-0.39, 0.29) is 18.2 Å². The number of carbonyl (C=O) groups excluding carboxylic acids is 1. The average molecular weight is 270 g/mol. The number of nitrogen functional groups attached to an aromatic ring is 1. The summed E-state index contributed by atoms with van der Waals surface area (Å²) < 4.78 is 21.7. The van der Waals surface area contributed by atoms with Crippen LogP contribution in [0.1, 0.15) is 12.0 Å². The fourth-order valence-electron chi connectivity index (χ4n) is 1.41. The Balaban J connectivity index is 2.27. The maximum atomic E-state index is 11.4. The molecular formula is C12H18N2O3S. The first kappa shape index (κ1) is 14.5. The predicted molar refractivity (Wildman–Crippen MR) is 71.9 cm³/mol. The first-order valence-electron chi connectivity index (χ1n) is 5.66. The SMILES string of the molecule is CS(=O)(=O)CCNC(=O)CCc1ccc(N)cc1. The van der Waals surface area contributed by atoms with Gasteiger partial charge in [-0.1, -0.05) is 12.1 Å². The lowest BCUT2D eigenvalue weighted by atomic mass is 10.1. The summed E-state index contributed by atoms with van der Waals surface area (Å²) in [6.07, 6.45) is 2.10. The number of hydrogen-bond acceptors (Lipinski definition) is 4. The smallest absolute Gasteiger partial charge is 0.220 e. The molecule has 0 heterocycles. The lowest BCUT2D eigenvalue weighted by Crippen LogP contribution is -2.28. The van der Waals surface area contributed by atoms with E-state index in [4.69, 9.17) is 5.73 Å². The Hall–Kier alpha value is -1.56. The van der Waals surface area contributed by atoms with Crippen molar-refractivity contribution in [2.75, 3.05) is 24.3 Å². The molecule has 0 unspecified atom stereocenters. The van der Waals surface area contributed by atoms with Gasteiger partial charge in [0.05, 0.1) is 5.75 Å². The van der Waals surface area contributed by atoms with Crippen molar-refractivity contribution in [2.45, 2.75) is 12.8 Å². The molecule has 3 N–H and O–H groups in total. The molecule has 0 aromatic heterocycles. The van der Waals surface area contributed by atoms with Gasteiger partial charge in [0.25, 0.3) is 0 Å². The molecule has 1 aromatic rings. The summed E-state index contributed by atoms with van der Waals surface area (Å²) in [7, 11) is -3.02. The molecule has 1 rings (SSSR count). The number of sulfone groups is 1. The first-order valence-corrected chi connectivity index (χ1v) is 7.72. The summed E-state index contributed by atoms with van der Waals surface area (Å²) in [6.45, 7) is 0.166. The van der Waals surface area contributed by atoms with Crippen molar-refractivity contribution < 1.29 is 13.2 Å². The maximum Gasteiger partial charge on any atom is 0.220 e. The van der Waals surface area contributed by atoms with Gasteiger partial charge in [0.2, 0.25) is 5.91 Å². The zero-order chi connectivity index (χ0) is 13.6. The monoisotopic (exact) mass is 270 g/mol. The van der Waals surface area contributed by atoms with Gasteiger partial charge in [-0.15, -0.1) is 0 Å². The molecule has 1 aromatic carbocycles. The zero-order valence-corrected chi connectivity index (χ0v) is 11.2. The molecule has 6 heteroatoms. The molecule has 0 aliphatic rings. The van der Waals surface area contributed by atoms with Crippen LogP contribution < -0.4 is 11.1 Å². The van der Waals surface area contributed by atoms with Crippen LogP contribution in [0.2, 0.25) is 0 Å². The number of carbonyl (C=O) groups is 1. The summed E-state index contributed by atoms with van der Waals surface area (Å²) in [5.74, 6) is -0.170. The molecule has 0 bridgehead atoms. The molecule has 0 radical (unpaired) electrons. The third kappa shape index (κ3) is 6.24. The minimum atomic E-state index is -3.02. The van der Waals surface area contributed by atoms with Gasteiger partial charge in [-0.3, -0.25) is 4.79 Å². The third-order valence-corrected chi connectivity index (χ3v) is 3.36. The van der Waals surface area contributed by atoms with Gasteiger partial charge in [-0.25, -0.2) is 8.42 Å². The number of hydrogen-bond donors (Lipinski definition) is 2. The van der Waals surface area contributed by atoms with Crippen LogP contribution in [0.3, 0.4) is 0 Å². The normalized spacial score (nSPS) is 11.2. The lowest BCUT2D eigenvalue weighted by molar-refractivity contribution is -0.120. The van der Waals surface area contributed by atoms with Gasteiger partial charge < -0.3 is 11.1 Å². The van der Waals surface area contributed by atoms with Crippen LogP contribution in [0, 0.1) is 0 Å². The average Bonchev–Trinajstić information content (AvgIpc) is 2.26. The largest absolute Gasteiger partial charge is 0.399 e. The van der Waals surface area contributed by atoms with E-state index in [0.29, 0.717) is 18.5 Å². The number of benzene rings is 1. The highest BCUT2D eigenvalue weighted by molar-refractivity contribution is 7.90. The highest BCUT2D eigenvalue weighted by Crippen LogP contribution is 2.07. The zero-order valence-electron chi connectivity index (χ0n) is 10.3. The molecule has 0 spiro atoms. The molecule has 0 saturated heterocycles. The highest BCUT2D eigenvalue weighted by Gasteiger charge is 2.05. The van der Waals surface area contributed by atoms with E-state index in [1.165, 1.54) is 0 Å². The van der Waals surface area contributed by atoms with E-state index >= 15 is 0 Å². The molecule has 0 saturated carbocycles. The molecule has 1 amide bonds. The van der Waals surface area contributed by atoms with Crippen LogP contribution in [0.15, 0.2) is 24.3 Å². The van der Waals surface area contributed by atoms with Crippen molar-refractivity contribution in [1.82, 2.24) is 5.32 Å². The molecule has 0 fully saturated rings. The molecule has 100 valence electrons. The van der Waals surface area contributed by atoms with Gasteiger partial charge in [-0.2, -0.15) is 0 Å². The Bertz CT molecular complexity index is 495. The van der Waals surface area contributed by atoms with Crippen molar-refractivity contribution >= 4 is 21.4 Å². The van der Waals surface area contributed by atoms with E-state index in [1.807, 2.05) is 12.1 Å². The second-order valence-corrected chi connectivity index (χ2v) is 6.48. The summed E-state index contributed by atoms with van der Waals surface area (Å²) in [6, 6.07) is 7.33. The number of rotatable bonds is 6. The number of nitrogens with one attached hydrogen (secondary N) is 1. The highest BCUT2D eigenvalue weighted by atomic mass is 32.2. The van der Waals surface area contributed by atoms with Crippen LogP contribution in [0.4, 0.5) is 5.69 Å². The molecular weight excluding hydrogens is 252 g/mol. The van der Waals surface area contributed by atoms with Gasteiger partial charge in [0.1, 0.15) is 9.84 Å². The summed E-state index contributed by atoms with van der Waals surface area (Å²) >= 11 is 0.